The zero-order valence-corrected chi connectivity index (χ0v) is 15.5. The molecule has 2 rings (SSSR count). The molecule has 0 spiro atoms. The molecule has 0 aliphatic heterocycles. The zero-order valence-electron chi connectivity index (χ0n) is 15.5. The van der Waals surface area contributed by atoms with E-state index < -0.39 is 0 Å². The second-order valence-electron chi connectivity index (χ2n) is 6.71. The Balaban J connectivity index is 1.76. The van der Waals surface area contributed by atoms with E-state index in [2.05, 4.69) is 31.2 Å². The quantitative estimate of drug-likeness (QED) is 0.393. The molecule has 0 bridgehead atoms. The summed E-state index contributed by atoms with van der Waals surface area (Å²) in [6, 6.07) is 18.4. The van der Waals surface area contributed by atoms with Crippen LogP contribution in [-0.4, -0.2) is 12.1 Å². The van der Waals surface area contributed by atoms with Gasteiger partial charge in [-0.2, -0.15) is 0 Å². The Morgan fingerprint density at radius 1 is 0.920 bits per heavy atom. The zero-order chi connectivity index (χ0) is 17.9. The van der Waals surface area contributed by atoms with Gasteiger partial charge in [-0.05, 0) is 62.6 Å². The lowest BCUT2D eigenvalue weighted by Gasteiger charge is -2.15. The van der Waals surface area contributed by atoms with E-state index in [9.17, 15) is 4.79 Å². The van der Waals surface area contributed by atoms with Gasteiger partial charge in [0.05, 0.1) is 11.7 Å². The van der Waals surface area contributed by atoms with Crippen LogP contribution in [0.1, 0.15) is 67.4 Å². The molecule has 0 amide bonds. The van der Waals surface area contributed by atoms with Gasteiger partial charge in [-0.15, -0.1) is 0 Å². The van der Waals surface area contributed by atoms with Crippen LogP contribution in [0, 0.1) is 0 Å². The van der Waals surface area contributed by atoms with Crippen LogP contribution < -0.4 is 0 Å². The molecular formula is C23H30O2. The maximum atomic E-state index is 12.5. The van der Waals surface area contributed by atoms with Gasteiger partial charge in [0.2, 0.25) is 0 Å². The van der Waals surface area contributed by atoms with E-state index in [0.717, 1.165) is 56.1 Å². The van der Waals surface area contributed by atoms with Gasteiger partial charge in [0.1, 0.15) is 0 Å². The van der Waals surface area contributed by atoms with Crippen molar-refractivity contribution in [3.05, 3.63) is 71.3 Å². The van der Waals surface area contributed by atoms with Crippen molar-refractivity contribution in [3.8, 4) is 0 Å². The first-order valence-corrected chi connectivity index (χ1v) is 9.53. The molecule has 2 aromatic carbocycles. The number of rotatable bonds is 10. The van der Waals surface area contributed by atoms with Crippen LogP contribution in [0.15, 0.2) is 54.6 Å². The number of benzene rings is 2. The van der Waals surface area contributed by atoms with E-state index in [4.69, 9.17) is 4.74 Å². The molecule has 1 atom stereocenters. The molecule has 0 fully saturated rings. The molecule has 0 aliphatic rings. The Labute approximate surface area is 152 Å². The van der Waals surface area contributed by atoms with E-state index in [1.807, 2.05) is 37.3 Å². The number of ether oxygens (including phenoxy) is 1. The monoisotopic (exact) mass is 338 g/mol. The second-order valence-corrected chi connectivity index (χ2v) is 6.71. The standard InChI is InChI=1S/C23H30O2/c1-3-4-16-21-17-10-11-18-22(21)23(24)25-19(2)12-8-9-15-20-13-6-5-7-14-20/h5-7,10-11,13-14,17-19H,3-4,8-9,12,15-16H2,1-2H3. The van der Waals surface area contributed by atoms with Gasteiger partial charge in [0, 0.05) is 0 Å². The predicted molar refractivity (Wildman–Crippen MR) is 104 cm³/mol. The number of esters is 1. The maximum Gasteiger partial charge on any atom is 0.338 e. The van der Waals surface area contributed by atoms with E-state index >= 15 is 0 Å². The van der Waals surface area contributed by atoms with Crippen molar-refractivity contribution < 1.29 is 9.53 Å². The Bertz CT molecular complexity index is 634. The maximum absolute atomic E-state index is 12.5. The molecule has 1 unspecified atom stereocenters. The van der Waals surface area contributed by atoms with Gasteiger partial charge in [0.25, 0.3) is 0 Å². The van der Waals surface area contributed by atoms with Crippen LogP contribution in [-0.2, 0) is 17.6 Å². The molecule has 0 heterocycles. The summed E-state index contributed by atoms with van der Waals surface area (Å²) in [5.74, 6) is -0.178. The number of hydrogen-bond acceptors (Lipinski definition) is 2. The minimum atomic E-state index is -0.178. The van der Waals surface area contributed by atoms with Gasteiger partial charge < -0.3 is 4.74 Å². The summed E-state index contributed by atoms with van der Waals surface area (Å²) < 4.78 is 5.67. The highest BCUT2D eigenvalue weighted by molar-refractivity contribution is 5.91. The van der Waals surface area contributed by atoms with Crippen LogP contribution in [0.3, 0.4) is 0 Å². The van der Waals surface area contributed by atoms with Crippen molar-refractivity contribution in [1.82, 2.24) is 0 Å². The Morgan fingerprint density at radius 3 is 2.40 bits per heavy atom. The minimum Gasteiger partial charge on any atom is -0.459 e. The fourth-order valence-corrected chi connectivity index (χ4v) is 3.02. The smallest absolute Gasteiger partial charge is 0.338 e. The number of hydrogen-bond donors (Lipinski definition) is 0. The Morgan fingerprint density at radius 2 is 1.64 bits per heavy atom. The Hall–Kier alpha value is -2.09. The minimum absolute atomic E-state index is 0.0393. The van der Waals surface area contributed by atoms with Crippen LogP contribution in [0.25, 0.3) is 0 Å². The molecule has 0 aliphatic carbocycles. The normalized spacial score (nSPS) is 11.9. The van der Waals surface area contributed by atoms with Gasteiger partial charge in [-0.1, -0.05) is 61.9 Å². The second kappa shape index (κ2) is 10.7. The molecule has 0 N–H and O–H groups in total. The first-order valence-electron chi connectivity index (χ1n) is 9.53. The third-order valence-corrected chi connectivity index (χ3v) is 4.51. The molecule has 2 heteroatoms. The lowest BCUT2D eigenvalue weighted by atomic mass is 10.0. The number of unbranched alkanes of at least 4 members (excludes halogenated alkanes) is 2. The third kappa shape index (κ3) is 6.74. The van der Waals surface area contributed by atoms with Crippen molar-refractivity contribution >= 4 is 5.97 Å². The van der Waals surface area contributed by atoms with Crippen molar-refractivity contribution in [2.75, 3.05) is 0 Å². The molecule has 0 radical (unpaired) electrons. The van der Waals surface area contributed by atoms with Crippen molar-refractivity contribution in [2.24, 2.45) is 0 Å². The van der Waals surface area contributed by atoms with Crippen LogP contribution in [0.4, 0.5) is 0 Å². The average molecular weight is 338 g/mol. The van der Waals surface area contributed by atoms with Crippen molar-refractivity contribution in [2.45, 2.75) is 64.9 Å². The molecule has 25 heavy (non-hydrogen) atoms. The summed E-state index contributed by atoms with van der Waals surface area (Å²) in [4.78, 5) is 12.5. The molecular weight excluding hydrogens is 308 g/mol. The van der Waals surface area contributed by atoms with E-state index in [1.165, 1.54) is 5.56 Å². The SMILES string of the molecule is CCCCc1ccccc1C(=O)OC(C)CCCCc1ccccc1. The molecule has 0 saturated carbocycles. The summed E-state index contributed by atoms with van der Waals surface area (Å²) in [7, 11) is 0. The number of carbonyl (C=O) groups excluding carboxylic acids is 1. The largest absolute Gasteiger partial charge is 0.459 e. The van der Waals surface area contributed by atoms with Gasteiger partial charge in [0.15, 0.2) is 0 Å². The van der Waals surface area contributed by atoms with E-state index in [0.29, 0.717) is 0 Å². The van der Waals surface area contributed by atoms with Crippen LogP contribution >= 0.6 is 0 Å². The molecule has 0 aromatic heterocycles. The fourth-order valence-electron chi connectivity index (χ4n) is 3.02. The summed E-state index contributed by atoms with van der Waals surface area (Å²) in [5.41, 5.74) is 3.20. The summed E-state index contributed by atoms with van der Waals surface area (Å²) in [6.07, 6.45) is 7.31. The highest BCUT2D eigenvalue weighted by Crippen LogP contribution is 2.16. The van der Waals surface area contributed by atoms with Crippen LogP contribution in [0.2, 0.25) is 0 Å². The summed E-state index contributed by atoms with van der Waals surface area (Å²) in [5, 5.41) is 0. The molecule has 0 saturated heterocycles. The lowest BCUT2D eigenvalue weighted by Crippen LogP contribution is -2.16. The highest BCUT2D eigenvalue weighted by Gasteiger charge is 2.15. The first kappa shape index (κ1) is 19.2. The topological polar surface area (TPSA) is 26.3 Å². The molecule has 2 aromatic rings. The number of carbonyl (C=O) groups is 1. The third-order valence-electron chi connectivity index (χ3n) is 4.51. The fraction of sp³-hybridized carbons (Fsp3) is 0.435. The highest BCUT2D eigenvalue weighted by atomic mass is 16.5. The van der Waals surface area contributed by atoms with Crippen molar-refractivity contribution in [3.63, 3.8) is 0 Å². The van der Waals surface area contributed by atoms with Crippen LogP contribution in [0.5, 0.6) is 0 Å². The van der Waals surface area contributed by atoms with Gasteiger partial charge in [-0.3, -0.25) is 0 Å². The van der Waals surface area contributed by atoms with E-state index in [-0.39, 0.29) is 12.1 Å². The van der Waals surface area contributed by atoms with E-state index in [1.54, 1.807) is 0 Å². The summed E-state index contributed by atoms with van der Waals surface area (Å²) in [6.45, 7) is 4.16. The number of aryl methyl sites for hydroxylation is 2. The van der Waals surface area contributed by atoms with Gasteiger partial charge >= 0.3 is 5.97 Å². The van der Waals surface area contributed by atoms with Gasteiger partial charge in [-0.25, -0.2) is 4.79 Å². The first-order chi connectivity index (χ1) is 12.2. The molecule has 134 valence electrons. The average Bonchev–Trinajstić information content (AvgIpc) is 2.64. The van der Waals surface area contributed by atoms with Crippen molar-refractivity contribution in [1.29, 1.82) is 0 Å². The predicted octanol–water partition coefficient (Wildman–Crippen LogP) is 5.99. The summed E-state index contributed by atoms with van der Waals surface area (Å²) >= 11 is 0. The Kier molecular flexibility index (Phi) is 8.24. The lowest BCUT2D eigenvalue weighted by molar-refractivity contribution is 0.0318. The molecule has 2 nitrogen and oxygen atoms in total.